The molecule has 1 aliphatic rings. The highest BCUT2D eigenvalue weighted by Gasteiger charge is 2.23. The van der Waals surface area contributed by atoms with Crippen LogP contribution in [0.5, 0.6) is 0 Å². The summed E-state index contributed by atoms with van der Waals surface area (Å²) in [4.78, 5) is 6.77. The molecule has 2 rings (SSSR count). The molecule has 19 heavy (non-hydrogen) atoms. The normalized spacial score (nSPS) is 23.3. The molecule has 0 amide bonds. The SMILES string of the molecule is CCNCc1ccncc1N(C)C1CCCC(C)C1. The average Bonchev–Trinajstić information content (AvgIpc) is 2.44. The molecule has 1 aliphatic carbocycles. The molecule has 0 aliphatic heterocycles. The fourth-order valence-corrected chi connectivity index (χ4v) is 3.09. The number of hydrogen-bond donors (Lipinski definition) is 1. The first-order valence-electron chi connectivity index (χ1n) is 7.58. The second-order valence-corrected chi connectivity index (χ2v) is 5.82. The Morgan fingerprint density at radius 1 is 1.42 bits per heavy atom. The Morgan fingerprint density at radius 3 is 3.00 bits per heavy atom. The van der Waals surface area contributed by atoms with Gasteiger partial charge in [0.15, 0.2) is 0 Å². The topological polar surface area (TPSA) is 28.2 Å². The quantitative estimate of drug-likeness (QED) is 0.882. The van der Waals surface area contributed by atoms with Gasteiger partial charge in [-0.2, -0.15) is 0 Å². The van der Waals surface area contributed by atoms with E-state index in [2.05, 4.69) is 42.2 Å². The molecule has 3 heteroatoms. The lowest BCUT2D eigenvalue weighted by Gasteiger charge is -2.36. The maximum atomic E-state index is 4.32. The summed E-state index contributed by atoms with van der Waals surface area (Å²) >= 11 is 0. The van der Waals surface area contributed by atoms with Crippen molar-refractivity contribution in [3.63, 3.8) is 0 Å². The Hall–Kier alpha value is -1.09. The van der Waals surface area contributed by atoms with Crippen molar-refractivity contribution in [1.29, 1.82) is 0 Å². The Morgan fingerprint density at radius 2 is 2.26 bits per heavy atom. The van der Waals surface area contributed by atoms with Gasteiger partial charge in [-0.25, -0.2) is 0 Å². The van der Waals surface area contributed by atoms with E-state index in [0.717, 1.165) is 19.0 Å². The average molecular weight is 261 g/mol. The van der Waals surface area contributed by atoms with Crippen LogP contribution in [0.4, 0.5) is 5.69 Å². The van der Waals surface area contributed by atoms with E-state index in [0.29, 0.717) is 6.04 Å². The summed E-state index contributed by atoms with van der Waals surface area (Å²) in [5, 5.41) is 3.42. The molecule has 0 spiro atoms. The van der Waals surface area contributed by atoms with Gasteiger partial charge < -0.3 is 10.2 Å². The van der Waals surface area contributed by atoms with Crippen molar-refractivity contribution in [3.8, 4) is 0 Å². The summed E-state index contributed by atoms with van der Waals surface area (Å²) in [6.07, 6.45) is 9.29. The minimum Gasteiger partial charge on any atom is -0.370 e. The maximum Gasteiger partial charge on any atom is 0.0598 e. The first-order chi connectivity index (χ1) is 9.22. The van der Waals surface area contributed by atoms with Crippen LogP contribution in [-0.2, 0) is 6.54 Å². The molecule has 2 atom stereocenters. The van der Waals surface area contributed by atoms with Crippen molar-refractivity contribution < 1.29 is 0 Å². The second-order valence-electron chi connectivity index (χ2n) is 5.82. The molecular formula is C16H27N3. The fraction of sp³-hybridized carbons (Fsp3) is 0.688. The van der Waals surface area contributed by atoms with Gasteiger partial charge in [0, 0.05) is 25.8 Å². The minimum atomic E-state index is 0.674. The molecule has 2 unspecified atom stereocenters. The summed E-state index contributed by atoms with van der Waals surface area (Å²) in [7, 11) is 2.23. The molecule has 1 saturated carbocycles. The van der Waals surface area contributed by atoms with Crippen LogP contribution in [0.2, 0.25) is 0 Å². The van der Waals surface area contributed by atoms with Crippen molar-refractivity contribution in [1.82, 2.24) is 10.3 Å². The van der Waals surface area contributed by atoms with Gasteiger partial charge in [-0.3, -0.25) is 4.98 Å². The molecule has 0 radical (unpaired) electrons. The number of nitrogens with zero attached hydrogens (tertiary/aromatic N) is 2. The van der Waals surface area contributed by atoms with Gasteiger partial charge in [0.1, 0.15) is 0 Å². The summed E-state index contributed by atoms with van der Waals surface area (Å²) in [6, 6.07) is 2.81. The summed E-state index contributed by atoms with van der Waals surface area (Å²) in [5.74, 6) is 0.857. The van der Waals surface area contributed by atoms with Gasteiger partial charge in [0.2, 0.25) is 0 Å². The van der Waals surface area contributed by atoms with Crippen molar-refractivity contribution >= 4 is 5.69 Å². The first-order valence-corrected chi connectivity index (χ1v) is 7.58. The molecule has 1 aromatic heterocycles. The van der Waals surface area contributed by atoms with Gasteiger partial charge in [-0.1, -0.05) is 26.7 Å². The van der Waals surface area contributed by atoms with Crippen molar-refractivity contribution in [2.45, 2.75) is 52.1 Å². The zero-order valence-corrected chi connectivity index (χ0v) is 12.5. The Balaban J connectivity index is 2.11. The van der Waals surface area contributed by atoms with Crippen LogP contribution < -0.4 is 10.2 Å². The van der Waals surface area contributed by atoms with Crippen LogP contribution in [0.3, 0.4) is 0 Å². The van der Waals surface area contributed by atoms with Crippen LogP contribution in [0.1, 0.15) is 45.1 Å². The number of pyridine rings is 1. The monoisotopic (exact) mass is 261 g/mol. The van der Waals surface area contributed by atoms with E-state index in [1.807, 2.05) is 12.4 Å². The number of rotatable bonds is 5. The zero-order valence-electron chi connectivity index (χ0n) is 12.5. The molecule has 1 N–H and O–H groups in total. The van der Waals surface area contributed by atoms with Crippen LogP contribution in [0.25, 0.3) is 0 Å². The fourth-order valence-electron chi connectivity index (χ4n) is 3.09. The van der Waals surface area contributed by atoms with E-state index in [-0.39, 0.29) is 0 Å². The van der Waals surface area contributed by atoms with Gasteiger partial charge >= 0.3 is 0 Å². The van der Waals surface area contributed by atoms with Gasteiger partial charge in [-0.05, 0) is 36.9 Å². The third-order valence-electron chi connectivity index (χ3n) is 4.29. The lowest BCUT2D eigenvalue weighted by Crippen LogP contribution is -2.36. The molecule has 1 aromatic rings. The van der Waals surface area contributed by atoms with E-state index >= 15 is 0 Å². The largest absolute Gasteiger partial charge is 0.370 e. The van der Waals surface area contributed by atoms with Crippen LogP contribution in [0.15, 0.2) is 18.5 Å². The number of nitrogens with one attached hydrogen (secondary N) is 1. The predicted octanol–water partition coefficient (Wildman–Crippen LogP) is 3.21. The van der Waals surface area contributed by atoms with Crippen LogP contribution in [-0.4, -0.2) is 24.6 Å². The highest BCUT2D eigenvalue weighted by Crippen LogP contribution is 2.30. The first kappa shape index (κ1) is 14.3. The molecule has 3 nitrogen and oxygen atoms in total. The van der Waals surface area contributed by atoms with Gasteiger partial charge in [-0.15, -0.1) is 0 Å². The zero-order chi connectivity index (χ0) is 13.7. The summed E-state index contributed by atoms with van der Waals surface area (Å²) in [5.41, 5.74) is 2.65. The van der Waals surface area contributed by atoms with Gasteiger partial charge in [0.25, 0.3) is 0 Å². The van der Waals surface area contributed by atoms with E-state index in [9.17, 15) is 0 Å². The molecule has 106 valence electrons. The molecule has 0 saturated heterocycles. The number of anilines is 1. The minimum absolute atomic E-state index is 0.674. The van der Waals surface area contributed by atoms with Crippen LogP contribution in [0, 0.1) is 5.92 Å². The standard InChI is InChI=1S/C16H27N3/c1-4-17-11-14-8-9-18-12-16(14)19(3)15-7-5-6-13(2)10-15/h8-9,12-13,15,17H,4-7,10-11H2,1-3H3. The summed E-state index contributed by atoms with van der Waals surface area (Å²) < 4.78 is 0. The highest BCUT2D eigenvalue weighted by molar-refractivity contribution is 5.52. The number of aromatic nitrogens is 1. The van der Waals surface area contributed by atoms with Crippen molar-refractivity contribution in [2.75, 3.05) is 18.5 Å². The maximum absolute atomic E-state index is 4.32. The molecule has 0 bridgehead atoms. The molecule has 1 heterocycles. The van der Waals surface area contributed by atoms with E-state index < -0.39 is 0 Å². The lowest BCUT2D eigenvalue weighted by molar-refractivity contribution is 0.336. The third-order valence-corrected chi connectivity index (χ3v) is 4.29. The Bertz CT molecular complexity index is 391. The highest BCUT2D eigenvalue weighted by atomic mass is 15.1. The van der Waals surface area contributed by atoms with Gasteiger partial charge in [0.05, 0.1) is 11.9 Å². The molecular weight excluding hydrogens is 234 g/mol. The third kappa shape index (κ3) is 3.69. The van der Waals surface area contributed by atoms with E-state index in [4.69, 9.17) is 0 Å². The second kappa shape index (κ2) is 6.90. The molecule has 0 aromatic carbocycles. The predicted molar refractivity (Wildman–Crippen MR) is 81.4 cm³/mol. The van der Waals surface area contributed by atoms with Crippen LogP contribution >= 0.6 is 0 Å². The summed E-state index contributed by atoms with van der Waals surface area (Å²) in [6.45, 7) is 6.46. The van der Waals surface area contributed by atoms with E-state index in [1.54, 1.807) is 0 Å². The number of hydrogen-bond acceptors (Lipinski definition) is 3. The Kier molecular flexibility index (Phi) is 5.20. The smallest absolute Gasteiger partial charge is 0.0598 e. The van der Waals surface area contributed by atoms with E-state index in [1.165, 1.54) is 36.9 Å². The van der Waals surface area contributed by atoms with Crippen molar-refractivity contribution in [3.05, 3.63) is 24.0 Å². The lowest BCUT2D eigenvalue weighted by atomic mass is 9.86. The Labute approximate surface area is 117 Å². The molecule has 1 fully saturated rings. The van der Waals surface area contributed by atoms with Crippen molar-refractivity contribution in [2.24, 2.45) is 5.92 Å².